The van der Waals surface area contributed by atoms with Crippen LogP contribution in [0.3, 0.4) is 0 Å². The Bertz CT molecular complexity index is 664. The SMILES string of the molecule is CCn1nc(C)c(CCN(C)C(=O)NCCc2ccccc2)c1C. The molecule has 0 aliphatic heterocycles. The molecule has 0 saturated carbocycles. The zero-order chi connectivity index (χ0) is 17.5. The van der Waals surface area contributed by atoms with Crippen LogP contribution in [-0.4, -0.2) is 40.8 Å². The first-order chi connectivity index (χ1) is 11.5. The molecule has 1 aromatic carbocycles. The number of hydrogen-bond donors (Lipinski definition) is 1. The maximum atomic E-state index is 12.2. The molecule has 1 heterocycles. The Morgan fingerprint density at radius 3 is 2.54 bits per heavy atom. The predicted molar refractivity (Wildman–Crippen MR) is 97.3 cm³/mol. The lowest BCUT2D eigenvalue weighted by atomic mass is 10.1. The molecule has 24 heavy (non-hydrogen) atoms. The molecule has 0 saturated heterocycles. The molecular weight excluding hydrogens is 300 g/mol. The van der Waals surface area contributed by atoms with E-state index in [1.165, 1.54) is 16.8 Å². The smallest absolute Gasteiger partial charge is 0.317 e. The maximum absolute atomic E-state index is 12.2. The fourth-order valence-electron chi connectivity index (χ4n) is 2.88. The molecule has 0 aliphatic rings. The third kappa shape index (κ3) is 4.60. The Morgan fingerprint density at radius 2 is 1.92 bits per heavy atom. The van der Waals surface area contributed by atoms with Crippen LogP contribution in [0.5, 0.6) is 0 Å². The van der Waals surface area contributed by atoms with Crippen LogP contribution < -0.4 is 5.32 Å². The van der Waals surface area contributed by atoms with Gasteiger partial charge in [-0.1, -0.05) is 30.3 Å². The van der Waals surface area contributed by atoms with Gasteiger partial charge in [-0.25, -0.2) is 4.79 Å². The first-order valence-electron chi connectivity index (χ1n) is 8.58. The van der Waals surface area contributed by atoms with Gasteiger partial charge in [-0.15, -0.1) is 0 Å². The van der Waals surface area contributed by atoms with Crippen LogP contribution in [0, 0.1) is 13.8 Å². The summed E-state index contributed by atoms with van der Waals surface area (Å²) in [7, 11) is 1.84. The molecule has 0 radical (unpaired) electrons. The van der Waals surface area contributed by atoms with Crippen molar-refractivity contribution in [3.05, 3.63) is 52.8 Å². The standard InChI is InChI=1S/C19H28N4O/c1-5-23-16(3)18(15(2)21-23)12-14-22(4)19(24)20-13-11-17-9-7-6-8-10-17/h6-10H,5,11-14H2,1-4H3,(H,20,24). The number of aryl methyl sites for hydroxylation is 2. The van der Waals surface area contributed by atoms with Gasteiger partial charge in [0.25, 0.3) is 0 Å². The topological polar surface area (TPSA) is 50.2 Å². The largest absolute Gasteiger partial charge is 0.338 e. The van der Waals surface area contributed by atoms with Crippen LogP contribution >= 0.6 is 0 Å². The van der Waals surface area contributed by atoms with E-state index >= 15 is 0 Å². The Hall–Kier alpha value is -2.30. The molecule has 2 aromatic rings. The Labute approximate surface area is 144 Å². The van der Waals surface area contributed by atoms with Crippen molar-refractivity contribution in [1.82, 2.24) is 20.0 Å². The highest BCUT2D eigenvalue weighted by Gasteiger charge is 2.13. The summed E-state index contributed by atoms with van der Waals surface area (Å²) >= 11 is 0. The van der Waals surface area contributed by atoms with Crippen LogP contribution in [0.25, 0.3) is 0 Å². The monoisotopic (exact) mass is 328 g/mol. The molecule has 2 rings (SSSR count). The van der Waals surface area contributed by atoms with Crippen molar-refractivity contribution >= 4 is 6.03 Å². The maximum Gasteiger partial charge on any atom is 0.317 e. The number of amides is 2. The highest BCUT2D eigenvalue weighted by atomic mass is 16.2. The van der Waals surface area contributed by atoms with Crippen molar-refractivity contribution in [2.24, 2.45) is 0 Å². The van der Waals surface area contributed by atoms with Gasteiger partial charge >= 0.3 is 6.03 Å². The normalized spacial score (nSPS) is 10.7. The molecule has 130 valence electrons. The molecule has 1 aromatic heterocycles. The van der Waals surface area contributed by atoms with Crippen molar-refractivity contribution in [2.75, 3.05) is 20.1 Å². The Balaban J connectivity index is 1.78. The highest BCUT2D eigenvalue weighted by Crippen LogP contribution is 2.14. The molecule has 0 aliphatic carbocycles. The third-order valence-electron chi connectivity index (χ3n) is 4.41. The number of urea groups is 1. The van der Waals surface area contributed by atoms with Crippen molar-refractivity contribution in [3.8, 4) is 0 Å². The second-order valence-corrected chi connectivity index (χ2v) is 6.10. The number of nitrogens with zero attached hydrogens (tertiary/aromatic N) is 3. The van der Waals surface area contributed by atoms with Crippen LogP contribution in [0.15, 0.2) is 30.3 Å². The van der Waals surface area contributed by atoms with Crippen LogP contribution in [0.2, 0.25) is 0 Å². The van der Waals surface area contributed by atoms with E-state index in [-0.39, 0.29) is 6.03 Å². The summed E-state index contributed by atoms with van der Waals surface area (Å²) in [4.78, 5) is 13.9. The molecule has 0 fully saturated rings. The van der Waals surface area contributed by atoms with Gasteiger partial charge in [0.1, 0.15) is 0 Å². The van der Waals surface area contributed by atoms with E-state index in [2.05, 4.69) is 36.4 Å². The van der Waals surface area contributed by atoms with Crippen LogP contribution in [0.4, 0.5) is 4.79 Å². The third-order valence-corrected chi connectivity index (χ3v) is 4.41. The minimum absolute atomic E-state index is 0.0240. The number of likely N-dealkylation sites (N-methyl/N-ethyl adjacent to an activating group) is 1. The molecule has 5 heteroatoms. The first kappa shape index (κ1) is 18.0. The van der Waals surface area contributed by atoms with Gasteiger partial charge in [-0.3, -0.25) is 4.68 Å². The molecular formula is C19H28N4O. The summed E-state index contributed by atoms with van der Waals surface area (Å²) in [5, 5.41) is 7.51. The lowest BCUT2D eigenvalue weighted by Crippen LogP contribution is -2.39. The second-order valence-electron chi connectivity index (χ2n) is 6.10. The minimum Gasteiger partial charge on any atom is -0.338 e. The van der Waals surface area contributed by atoms with E-state index in [1.54, 1.807) is 4.90 Å². The van der Waals surface area contributed by atoms with E-state index in [1.807, 2.05) is 36.9 Å². The van der Waals surface area contributed by atoms with Crippen LogP contribution in [-0.2, 0) is 19.4 Å². The van der Waals surface area contributed by atoms with Gasteiger partial charge in [-0.05, 0) is 44.7 Å². The number of nitrogens with one attached hydrogen (secondary N) is 1. The van der Waals surface area contributed by atoms with Gasteiger partial charge in [0, 0.05) is 32.4 Å². The van der Waals surface area contributed by atoms with E-state index in [9.17, 15) is 4.79 Å². The molecule has 1 N–H and O–H groups in total. The number of aromatic nitrogens is 2. The van der Waals surface area contributed by atoms with Gasteiger partial charge in [-0.2, -0.15) is 5.10 Å². The quantitative estimate of drug-likeness (QED) is 0.849. The lowest BCUT2D eigenvalue weighted by molar-refractivity contribution is 0.209. The lowest BCUT2D eigenvalue weighted by Gasteiger charge is -2.18. The average Bonchev–Trinajstić information content (AvgIpc) is 2.87. The molecule has 2 amide bonds. The Morgan fingerprint density at radius 1 is 1.21 bits per heavy atom. The van der Waals surface area contributed by atoms with E-state index in [0.717, 1.165) is 25.1 Å². The van der Waals surface area contributed by atoms with Gasteiger partial charge in [0.2, 0.25) is 0 Å². The van der Waals surface area contributed by atoms with E-state index < -0.39 is 0 Å². The molecule has 0 atom stereocenters. The van der Waals surface area contributed by atoms with Crippen molar-refractivity contribution in [2.45, 2.75) is 40.2 Å². The number of rotatable bonds is 7. The molecule has 0 bridgehead atoms. The van der Waals surface area contributed by atoms with Gasteiger partial charge in [0.05, 0.1) is 5.69 Å². The molecule has 5 nitrogen and oxygen atoms in total. The highest BCUT2D eigenvalue weighted by molar-refractivity contribution is 5.73. The first-order valence-corrected chi connectivity index (χ1v) is 8.58. The number of hydrogen-bond acceptors (Lipinski definition) is 2. The van der Waals surface area contributed by atoms with Crippen molar-refractivity contribution in [1.29, 1.82) is 0 Å². The summed E-state index contributed by atoms with van der Waals surface area (Å²) in [6.07, 6.45) is 1.68. The van der Waals surface area contributed by atoms with Gasteiger partial charge in [0.15, 0.2) is 0 Å². The summed E-state index contributed by atoms with van der Waals surface area (Å²) in [6, 6.07) is 10.2. The predicted octanol–water partition coefficient (Wildman–Crippen LogP) is 2.95. The number of carbonyl (C=O) groups excluding carboxylic acids is 1. The van der Waals surface area contributed by atoms with Crippen LogP contribution in [0.1, 0.15) is 29.4 Å². The number of carbonyl (C=O) groups is 1. The zero-order valence-electron chi connectivity index (χ0n) is 15.2. The summed E-state index contributed by atoms with van der Waals surface area (Å²) < 4.78 is 2.02. The summed E-state index contributed by atoms with van der Waals surface area (Å²) in [5.41, 5.74) is 4.75. The average molecular weight is 328 g/mol. The molecule has 0 unspecified atom stereocenters. The Kier molecular flexibility index (Phi) is 6.41. The fourth-order valence-corrected chi connectivity index (χ4v) is 2.88. The minimum atomic E-state index is -0.0240. The second kappa shape index (κ2) is 8.52. The van der Waals surface area contributed by atoms with Crippen molar-refractivity contribution in [3.63, 3.8) is 0 Å². The van der Waals surface area contributed by atoms with Crippen molar-refractivity contribution < 1.29 is 4.79 Å². The summed E-state index contributed by atoms with van der Waals surface area (Å²) in [5.74, 6) is 0. The fraction of sp³-hybridized carbons (Fsp3) is 0.474. The van der Waals surface area contributed by atoms with E-state index in [4.69, 9.17) is 0 Å². The van der Waals surface area contributed by atoms with E-state index in [0.29, 0.717) is 13.1 Å². The number of benzene rings is 1. The summed E-state index contributed by atoms with van der Waals surface area (Å²) in [6.45, 7) is 8.44. The molecule has 0 spiro atoms. The van der Waals surface area contributed by atoms with Gasteiger partial charge < -0.3 is 10.2 Å². The zero-order valence-corrected chi connectivity index (χ0v) is 15.2.